The van der Waals surface area contributed by atoms with E-state index in [1.807, 2.05) is 6.92 Å². The molecule has 1 aromatic carbocycles. The van der Waals surface area contributed by atoms with E-state index in [9.17, 15) is 0 Å². The van der Waals surface area contributed by atoms with Crippen LogP contribution in [0, 0.1) is 6.92 Å². The molecule has 0 amide bonds. The van der Waals surface area contributed by atoms with E-state index >= 15 is 0 Å². The molecule has 0 unspecified atom stereocenters. The second-order valence-electron chi connectivity index (χ2n) is 4.33. The molecule has 0 aromatic heterocycles. The molecular weight excluding hydrogens is 186 g/mol. The summed E-state index contributed by atoms with van der Waals surface area (Å²) >= 11 is 0. The lowest BCUT2D eigenvalue weighted by molar-refractivity contribution is -0.00157. The molecule has 1 fully saturated rings. The van der Waals surface area contributed by atoms with E-state index in [1.165, 1.54) is 24.0 Å². The van der Waals surface area contributed by atoms with Crippen LogP contribution in [0.1, 0.15) is 36.8 Å². The molecule has 0 atom stereocenters. The van der Waals surface area contributed by atoms with Gasteiger partial charge < -0.3 is 4.84 Å². The molecule has 0 radical (unpaired) electrons. The van der Waals surface area contributed by atoms with Gasteiger partial charge in [0.05, 0.1) is 6.61 Å². The fourth-order valence-corrected chi connectivity index (χ4v) is 2.11. The molecule has 1 saturated carbocycles. The predicted octanol–water partition coefficient (Wildman–Crippen LogP) is 2.78. The van der Waals surface area contributed by atoms with E-state index in [-0.39, 0.29) is 0 Å². The van der Waals surface area contributed by atoms with E-state index in [4.69, 9.17) is 4.84 Å². The van der Waals surface area contributed by atoms with Crippen molar-refractivity contribution in [3.63, 3.8) is 0 Å². The third-order valence-corrected chi connectivity index (χ3v) is 3.05. The fraction of sp³-hybridized carbons (Fsp3) is 0.538. The van der Waals surface area contributed by atoms with Crippen molar-refractivity contribution in [2.75, 3.05) is 6.61 Å². The van der Waals surface area contributed by atoms with Crippen molar-refractivity contribution in [1.82, 2.24) is 5.48 Å². The summed E-state index contributed by atoms with van der Waals surface area (Å²) < 4.78 is 0. The van der Waals surface area contributed by atoms with Crippen LogP contribution >= 0.6 is 0 Å². The van der Waals surface area contributed by atoms with Gasteiger partial charge in [0.15, 0.2) is 0 Å². The first-order valence-electron chi connectivity index (χ1n) is 5.73. The zero-order chi connectivity index (χ0) is 10.7. The highest BCUT2D eigenvalue weighted by atomic mass is 16.6. The Bertz CT molecular complexity index is 318. The van der Waals surface area contributed by atoms with E-state index in [1.54, 1.807) is 0 Å². The summed E-state index contributed by atoms with van der Waals surface area (Å²) in [5.41, 5.74) is 5.91. The van der Waals surface area contributed by atoms with Gasteiger partial charge in [-0.25, -0.2) is 0 Å². The maximum Gasteiger partial charge on any atom is 0.0654 e. The molecule has 2 heteroatoms. The van der Waals surface area contributed by atoms with Crippen LogP contribution in [-0.2, 0) is 4.84 Å². The lowest BCUT2D eigenvalue weighted by atomic mass is 9.76. The minimum Gasteiger partial charge on any atom is -0.302 e. The van der Waals surface area contributed by atoms with Gasteiger partial charge in [-0.2, -0.15) is 5.48 Å². The van der Waals surface area contributed by atoms with E-state index in [0.29, 0.717) is 6.04 Å². The van der Waals surface area contributed by atoms with Gasteiger partial charge in [0.25, 0.3) is 0 Å². The normalized spacial score (nSPS) is 24.9. The Morgan fingerprint density at radius 1 is 1.40 bits per heavy atom. The molecule has 1 N–H and O–H groups in total. The Morgan fingerprint density at radius 2 is 2.20 bits per heavy atom. The van der Waals surface area contributed by atoms with Gasteiger partial charge in [-0.3, -0.25) is 0 Å². The molecular formula is C13H19NO. The second-order valence-corrected chi connectivity index (χ2v) is 4.33. The Kier molecular flexibility index (Phi) is 3.39. The summed E-state index contributed by atoms with van der Waals surface area (Å²) in [7, 11) is 0. The van der Waals surface area contributed by atoms with Crippen molar-refractivity contribution in [2.24, 2.45) is 0 Å². The third kappa shape index (κ3) is 2.58. The molecule has 0 saturated heterocycles. The molecule has 15 heavy (non-hydrogen) atoms. The fourth-order valence-electron chi connectivity index (χ4n) is 2.11. The predicted molar refractivity (Wildman–Crippen MR) is 61.7 cm³/mol. The minimum atomic E-state index is 0.551. The molecule has 2 rings (SSSR count). The maximum absolute atomic E-state index is 5.20. The zero-order valence-corrected chi connectivity index (χ0v) is 9.49. The van der Waals surface area contributed by atoms with E-state index in [2.05, 4.69) is 36.7 Å². The number of benzene rings is 1. The van der Waals surface area contributed by atoms with Gasteiger partial charge in [-0.15, -0.1) is 0 Å². The van der Waals surface area contributed by atoms with Gasteiger partial charge in [-0.05, 0) is 38.2 Å². The quantitative estimate of drug-likeness (QED) is 0.763. The number of hydroxylamine groups is 1. The van der Waals surface area contributed by atoms with Crippen molar-refractivity contribution in [2.45, 2.75) is 38.6 Å². The van der Waals surface area contributed by atoms with Crippen LogP contribution in [0.5, 0.6) is 0 Å². The van der Waals surface area contributed by atoms with Gasteiger partial charge in [0, 0.05) is 6.04 Å². The van der Waals surface area contributed by atoms with Crippen LogP contribution in [-0.4, -0.2) is 12.6 Å². The Balaban J connectivity index is 1.84. The van der Waals surface area contributed by atoms with Crippen LogP contribution in [0.15, 0.2) is 24.3 Å². The SMILES string of the molecule is CCONC1CC(c2cccc(C)c2)C1. The Morgan fingerprint density at radius 3 is 2.87 bits per heavy atom. The minimum absolute atomic E-state index is 0.551. The lowest BCUT2D eigenvalue weighted by Gasteiger charge is -2.35. The lowest BCUT2D eigenvalue weighted by Crippen LogP contribution is -2.40. The first kappa shape index (κ1) is 10.7. The molecule has 1 aliphatic rings. The second kappa shape index (κ2) is 4.77. The molecule has 0 bridgehead atoms. The summed E-state index contributed by atoms with van der Waals surface area (Å²) in [5, 5.41) is 0. The van der Waals surface area contributed by atoms with Gasteiger partial charge in [0.2, 0.25) is 0 Å². The molecule has 1 aromatic rings. The van der Waals surface area contributed by atoms with Crippen molar-refractivity contribution in [3.05, 3.63) is 35.4 Å². The first-order valence-corrected chi connectivity index (χ1v) is 5.73. The van der Waals surface area contributed by atoms with Gasteiger partial charge >= 0.3 is 0 Å². The average Bonchev–Trinajstić information content (AvgIpc) is 2.16. The summed E-state index contributed by atoms with van der Waals surface area (Å²) in [6, 6.07) is 9.37. The highest BCUT2D eigenvalue weighted by Gasteiger charge is 2.30. The number of nitrogens with one attached hydrogen (secondary N) is 1. The van der Waals surface area contributed by atoms with Crippen LogP contribution in [0.25, 0.3) is 0 Å². The Labute approximate surface area is 91.6 Å². The zero-order valence-electron chi connectivity index (χ0n) is 9.49. The van der Waals surface area contributed by atoms with Crippen LogP contribution in [0.4, 0.5) is 0 Å². The molecule has 0 spiro atoms. The maximum atomic E-state index is 5.20. The average molecular weight is 205 g/mol. The van der Waals surface area contributed by atoms with Crippen LogP contribution in [0.3, 0.4) is 0 Å². The van der Waals surface area contributed by atoms with Gasteiger partial charge in [0.1, 0.15) is 0 Å². The Hall–Kier alpha value is -0.860. The van der Waals surface area contributed by atoms with Crippen LogP contribution in [0.2, 0.25) is 0 Å². The highest BCUT2D eigenvalue weighted by molar-refractivity contribution is 5.27. The number of hydrogen-bond donors (Lipinski definition) is 1. The van der Waals surface area contributed by atoms with Crippen molar-refractivity contribution in [1.29, 1.82) is 0 Å². The standard InChI is InChI=1S/C13H19NO/c1-3-15-14-13-8-12(9-13)11-6-4-5-10(2)7-11/h4-7,12-14H,3,8-9H2,1-2H3. The van der Waals surface area contributed by atoms with Crippen molar-refractivity contribution < 1.29 is 4.84 Å². The molecule has 0 aliphatic heterocycles. The van der Waals surface area contributed by atoms with E-state index < -0.39 is 0 Å². The van der Waals surface area contributed by atoms with Crippen molar-refractivity contribution in [3.8, 4) is 0 Å². The topological polar surface area (TPSA) is 21.3 Å². The third-order valence-electron chi connectivity index (χ3n) is 3.05. The van der Waals surface area contributed by atoms with Crippen LogP contribution < -0.4 is 5.48 Å². The highest BCUT2D eigenvalue weighted by Crippen LogP contribution is 2.36. The summed E-state index contributed by atoms with van der Waals surface area (Å²) in [6.45, 7) is 4.90. The van der Waals surface area contributed by atoms with E-state index in [0.717, 1.165) is 12.5 Å². The summed E-state index contributed by atoms with van der Waals surface area (Å²) in [4.78, 5) is 5.20. The van der Waals surface area contributed by atoms with Gasteiger partial charge in [-0.1, -0.05) is 29.8 Å². The summed E-state index contributed by atoms with van der Waals surface area (Å²) in [5.74, 6) is 0.725. The number of rotatable bonds is 4. The molecule has 1 aliphatic carbocycles. The molecule has 2 nitrogen and oxygen atoms in total. The van der Waals surface area contributed by atoms with Crippen molar-refractivity contribution >= 4 is 0 Å². The smallest absolute Gasteiger partial charge is 0.0654 e. The molecule has 0 heterocycles. The number of hydrogen-bond acceptors (Lipinski definition) is 2. The number of aryl methyl sites for hydroxylation is 1. The summed E-state index contributed by atoms with van der Waals surface area (Å²) in [6.07, 6.45) is 2.40. The first-order chi connectivity index (χ1) is 7.29. The molecule has 82 valence electrons. The monoisotopic (exact) mass is 205 g/mol. The largest absolute Gasteiger partial charge is 0.302 e.